The Morgan fingerprint density at radius 3 is 2.72 bits per heavy atom. The largest absolute Gasteiger partial charge is 0.387 e. The van der Waals surface area contributed by atoms with Crippen molar-refractivity contribution in [3.8, 4) is 0 Å². The second-order valence-corrected chi connectivity index (χ2v) is 7.10. The Morgan fingerprint density at radius 2 is 1.92 bits per heavy atom. The number of aromatic nitrogens is 2. The minimum Gasteiger partial charge on any atom is -0.387 e. The number of likely N-dealkylation sites (tertiary alicyclic amines) is 1. The van der Waals surface area contributed by atoms with Crippen LogP contribution in [0.1, 0.15) is 12.0 Å². The topological polar surface area (TPSA) is 55.4 Å². The smallest absolute Gasteiger partial charge is 0.203 e. The molecule has 1 aliphatic heterocycles. The number of β-amino-alcohol motifs (C(OH)–C–C–N with tert-alkyl or cyclic N) is 1. The van der Waals surface area contributed by atoms with Gasteiger partial charge in [0.1, 0.15) is 0 Å². The maximum Gasteiger partial charge on any atom is 0.203 e. The Labute approximate surface area is 147 Å². The minimum atomic E-state index is -0.706. The van der Waals surface area contributed by atoms with Crippen molar-refractivity contribution in [1.82, 2.24) is 14.9 Å². The van der Waals surface area contributed by atoms with E-state index in [0.717, 1.165) is 36.5 Å². The van der Waals surface area contributed by atoms with Gasteiger partial charge in [0, 0.05) is 26.7 Å². The molecule has 2 heterocycles. The van der Waals surface area contributed by atoms with E-state index in [1.54, 1.807) is 0 Å². The predicted octanol–water partition coefficient (Wildman–Crippen LogP) is 2.64. The average molecular weight is 336 g/mol. The van der Waals surface area contributed by atoms with Gasteiger partial charge in [0.2, 0.25) is 5.95 Å². The third-order valence-corrected chi connectivity index (χ3v) is 4.93. The summed E-state index contributed by atoms with van der Waals surface area (Å²) in [6.45, 7) is 3.06. The summed E-state index contributed by atoms with van der Waals surface area (Å²) in [5.41, 5.74) is 2.56. The normalized spacial score (nSPS) is 21.0. The van der Waals surface area contributed by atoms with Gasteiger partial charge in [-0.3, -0.25) is 4.90 Å². The highest BCUT2D eigenvalue weighted by molar-refractivity contribution is 5.77. The average Bonchev–Trinajstić information content (AvgIpc) is 3.19. The number of nitrogens with zero attached hydrogens (tertiary/aromatic N) is 3. The molecule has 4 rings (SSSR count). The van der Waals surface area contributed by atoms with Crippen molar-refractivity contribution in [2.45, 2.75) is 18.6 Å². The summed E-state index contributed by atoms with van der Waals surface area (Å²) < 4.78 is 0. The zero-order chi connectivity index (χ0) is 17.3. The zero-order valence-electron chi connectivity index (χ0n) is 14.5. The molecule has 25 heavy (non-hydrogen) atoms. The molecule has 0 bridgehead atoms. The minimum absolute atomic E-state index is 0.568. The van der Waals surface area contributed by atoms with Crippen LogP contribution >= 0.6 is 0 Å². The first-order valence-electron chi connectivity index (χ1n) is 8.76. The van der Waals surface area contributed by atoms with E-state index in [4.69, 9.17) is 0 Å². The Bertz CT molecular complexity index is 814. The molecule has 0 amide bonds. The van der Waals surface area contributed by atoms with E-state index in [9.17, 15) is 5.11 Å². The molecule has 1 aromatic heterocycles. The van der Waals surface area contributed by atoms with Gasteiger partial charge in [-0.25, -0.2) is 4.98 Å². The Morgan fingerprint density at radius 1 is 1.16 bits per heavy atom. The molecule has 2 aromatic carbocycles. The van der Waals surface area contributed by atoms with E-state index in [1.807, 2.05) is 42.3 Å². The Kier molecular flexibility index (Phi) is 4.19. The molecule has 5 heteroatoms. The molecule has 1 fully saturated rings. The molecule has 1 aliphatic rings. The molecule has 1 unspecified atom stereocenters. The Hall–Kier alpha value is -2.37. The van der Waals surface area contributed by atoms with Gasteiger partial charge < -0.3 is 15.0 Å². The molecule has 0 radical (unpaired) electrons. The number of rotatable bonds is 5. The number of imidazole rings is 1. The van der Waals surface area contributed by atoms with Crippen molar-refractivity contribution < 1.29 is 5.11 Å². The van der Waals surface area contributed by atoms with E-state index in [2.05, 4.69) is 39.1 Å². The summed E-state index contributed by atoms with van der Waals surface area (Å²) in [4.78, 5) is 12.3. The highest BCUT2D eigenvalue weighted by atomic mass is 16.3. The molecular weight excluding hydrogens is 312 g/mol. The lowest BCUT2D eigenvalue weighted by Crippen LogP contribution is -2.44. The van der Waals surface area contributed by atoms with Crippen LogP contribution in [0.15, 0.2) is 54.6 Å². The van der Waals surface area contributed by atoms with Crippen LogP contribution in [0.3, 0.4) is 0 Å². The van der Waals surface area contributed by atoms with E-state index < -0.39 is 5.60 Å². The number of aliphatic hydroxyl groups is 1. The first-order chi connectivity index (χ1) is 12.1. The molecule has 1 atom stereocenters. The summed E-state index contributed by atoms with van der Waals surface area (Å²) in [6, 6.07) is 18.4. The maximum absolute atomic E-state index is 11.0. The quantitative estimate of drug-likeness (QED) is 0.752. The molecule has 0 aliphatic carbocycles. The number of H-pyrrole nitrogens is 1. The second kappa shape index (κ2) is 6.50. The lowest BCUT2D eigenvalue weighted by molar-refractivity contribution is 0.0560. The van der Waals surface area contributed by atoms with E-state index in [1.165, 1.54) is 5.56 Å². The summed E-state index contributed by atoms with van der Waals surface area (Å²) in [7, 11) is 1.98. The molecule has 2 N–H and O–H groups in total. The van der Waals surface area contributed by atoms with Gasteiger partial charge in [-0.1, -0.05) is 42.5 Å². The first-order valence-corrected chi connectivity index (χ1v) is 8.76. The number of hydrogen-bond donors (Lipinski definition) is 2. The lowest BCUT2D eigenvalue weighted by Gasteiger charge is -2.29. The number of nitrogens with one attached hydrogen (secondary N) is 1. The molecule has 0 spiro atoms. The number of hydrogen-bond acceptors (Lipinski definition) is 4. The number of benzene rings is 2. The lowest BCUT2D eigenvalue weighted by atomic mass is 10.0. The second-order valence-electron chi connectivity index (χ2n) is 7.10. The van der Waals surface area contributed by atoms with Gasteiger partial charge in [0.05, 0.1) is 23.2 Å². The standard InChI is InChI=1S/C20H24N4O/c1-23(19-21-17-9-5-6-10-18(17)22-19)14-20(25)11-12-24(15-20)13-16-7-3-2-4-8-16/h2-10,25H,11-15H2,1H3,(H,21,22). The van der Waals surface area contributed by atoms with Crippen molar-refractivity contribution in [2.24, 2.45) is 0 Å². The monoisotopic (exact) mass is 336 g/mol. The van der Waals surface area contributed by atoms with Crippen LogP contribution in [0, 0.1) is 0 Å². The fraction of sp³-hybridized carbons (Fsp3) is 0.350. The summed E-state index contributed by atoms with van der Waals surface area (Å²) >= 11 is 0. The number of aromatic amines is 1. The van der Waals surface area contributed by atoms with Crippen LogP contribution in [0.4, 0.5) is 5.95 Å². The highest BCUT2D eigenvalue weighted by Crippen LogP contribution is 2.25. The third-order valence-electron chi connectivity index (χ3n) is 4.93. The molecule has 130 valence electrons. The molecule has 0 saturated carbocycles. The van der Waals surface area contributed by atoms with Crippen molar-refractivity contribution >= 4 is 17.0 Å². The van der Waals surface area contributed by atoms with Gasteiger partial charge in [0.25, 0.3) is 0 Å². The van der Waals surface area contributed by atoms with Crippen molar-refractivity contribution in [3.63, 3.8) is 0 Å². The maximum atomic E-state index is 11.0. The van der Waals surface area contributed by atoms with E-state index >= 15 is 0 Å². The predicted molar refractivity (Wildman–Crippen MR) is 101 cm³/mol. The molecule has 5 nitrogen and oxygen atoms in total. The van der Waals surface area contributed by atoms with E-state index in [0.29, 0.717) is 13.1 Å². The first kappa shape index (κ1) is 16.1. The van der Waals surface area contributed by atoms with Gasteiger partial charge in [0.15, 0.2) is 0 Å². The zero-order valence-corrected chi connectivity index (χ0v) is 14.5. The fourth-order valence-electron chi connectivity index (χ4n) is 3.68. The van der Waals surface area contributed by atoms with Gasteiger partial charge in [-0.2, -0.15) is 0 Å². The number of anilines is 1. The molecule has 1 saturated heterocycles. The summed E-state index contributed by atoms with van der Waals surface area (Å²) in [6.07, 6.45) is 0.782. The van der Waals surface area contributed by atoms with Crippen molar-refractivity contribution in [2.75, 3.05) is 31.6 Å². The van der Waals surface area contributed by atoms with Gasteiger partial charge >= 0.3 is 0 Å². The third kappa shape index (κ3) is 3.52. The Balaban J connectivity index is 1.41. The van der Waals surface area contributed by atoms with Crippen LogP contribution in [-0.4, -0.2) is 52.3 Å². The molecular formula is C20H24N4O. The molecule has 3 aromatic rings. The fourth-order valence-corrected chi connectivity index (χ4v) is 3.68. The van der Waals surface area contributed by atoms with E-state index in [-0.39, 0.29) is 0 Å². The van der Waals surface area contributed by atoms with Gasteiger partial charge in [-0.15, -0.1) is 0 Å². The van der Waals surface area contributed by atoms with Crippen LogP contribution < -0.4 is 4.90 Å². The van der Waals surface area contributed by atoms with Crippen LogP contribution in [0.5, 0.6) is 0 Å². The van der Waals surface area contributed by atoms with Crippen LogP contribution in [0.2, 0.25) is 0 Å². The summed E-state index contributed by atoms with van der Waals surface area (Å²) in [5, 5.41) is 11.0. The van der Waals surface area contributed by atoms with Crippen LogP contribution in [0.25, 0.3) is 11.0 Å². The number of fused-ring (bicyclic) bond motifs is 1. The number of likely N-dealkylation sites (N-methyl/N-ethyl adjacent to an activating group) is 1. The SMILES string of the molecule is CN(CC1(O)CCN(Cc2ccccc2)C1)c1nc2ccccc2[nH]1. The van der Waals surface area contributed by atoms with Crippen LogP contribution in [-0.2, 0) is 6.54 Å². The van der Waals surface area contributed by atoms with Crippen molar-refractivity contribution in [3.05, 3.63) is 60.2 Å². The highest BCUT2D eigenvalue weighted by Gasteiger charge is 2.37. The summed E-state index contributed by atoms with van der Waals surface area (Å²) in [5.74, 6) is 0.802. The number of para-hydroxylation sites is 2. The van der Waals surface area contributed by atoms with Crippen molar-refractivity contribution in [1.29, 1.82) is 0 Å². The van der Waals surface area contributed by atoms with Gasteiger partial charge in [-0.05, 0) is 24.1 Å².